The largest absolute Gasteiger partial charge is 0.466 e. The van der Waals surface area contributed by atoms with Crippen molar-refractivity contribution in [3.05, 3.63) is 35.9 Å². The topological polar surface area (TPSA) is 99.2 Å². The van der Waals surface area contributed by atoms with E-state index in [1.54, 1.807) is 13.8 Å². The predicted molar refractivity (Wildman–Crippen MR) is 126 cm³/mol. The molecule has 0 spiro atoms. The van der Waals surface area contributed by atoms with Crippen LogP contribution in [0.15, 0.2) is 30.3 Å². The van der Waals surface area contributed by atoms with E-state index in [0.717, 1.165) is 31.2 Å². The molecule has 1 aliphatic heterocycles. The lowest BCUT2D eigenvalue weighted by Crippen LogP contribution is -2.39. The average molecular weight is 476 g/mol. The second-order valence-electron chi connectivity index (χ2n) is 8.35. The number of ether oxygens (including phenoxy) is 3. The van der Waals surface area contributed by atoms with E-state index in [9.17, 15) is 19.2 Å². The first kappa shape index (κ1) is 27.5. The highest BCUT2D eigenvalue weighted by Gasteiger charge is 2.52. The summed E-state index contributed by atoms with van der Waals surface area (Å²) in [5.74, 6) is -4.20. The van der Waals surface area contributed by atoms with Gasteiger partial charge in [-0.2, -0.15) is 0 Å². The first-order valence-electron chi connectivity index (χ1n) is 12.2. The van der Waals surface area contributed by atoms with Crippen molar-refractivity contribution >= 4 is 23.6 Å². The summed E-state index contributed by atoms with van der Waals surface area (Å²) in [6, 6.07) is 8.80. The third-order valence-electron chi connectivity index (χ3n) is 5.86. The van der Waals surface area contributed by atoms with Crippen molar-refractivity contribution in [3.63, 3.8) is 0 Å². The molecule has 0 aliphatic carbocycles. The number of carbonyl (C=O) groups excluding carboxylic acids is 4. The zero-order valence-corrected chi connectivity index (χ0v) is 20.5. The Morgan fingerprint density at radius 3 is 2.32 bits per heavy atom. The van der Waals surface area contributed by atoms with Gasteiger partial charge in [0.25, 0.3) is 0 Å². The van der Waals surface area contributed by atoms with Gasteiger partial charge in [0, 0.05) is 6.54 Å². The predicted octanol–water partition coefficient (Wildman–Crippen LogP) is 3.45. The van der Waals surface area contributed by atoms with Crippen LogP contribution >= 0.6 is 0 Å². The lowest BCUT2D eigenvalue weighted by molar-refractivity contribution is -0.154. The highest BCUT2D eigenvalue weighted by atomic mass is 16.5. The molecule has 34 heavy (non-hydrogen) atoms. The summed E-state index contributed by atoms with van der Waals surface area (Å²) in [5, 5.41) is 0. The van der Waals surface area contributed by atoms with Gasteiger partial charge in [0.05, 0.1) is 32.3 Å². The maximum Gasteiger partial charge on any atom is 0.326 e. The van der Waals surface area contributed by atoms with Crippen LogP contribution in [0.5, 0.6) is 0 Å². The van der Waals surface area contributed by atoms with Crippen molar-refractivity contribution in [2.45, 2.75) is 78.0 Å². The number of hydrogen-bond donors (Lipinski definition) is 0. The molecule has 0 radical (unpaired) electrons. The van der Waals surface area contributed by atoms with Gasteiger partial charge in [0.1, 0.15) is 6.04 Å². The summed E-state index contributed by atoms with van der Waals surface area (Å²) in [6.45, 7) is 6.29. The van der Waals surface area contributed by atoms with Crippen molar-refractivity contribution in [1.29, 1.82) is 0 Å². The molecule has 1 fully saturated rings. The number of unbranched alkanes of at least 4 members (excludes halogenated alkanes) is 2. The zero-order valence-electron chi connectivity index (χ0n) is 20.5. The molecule has 3 atom stereocenters. The standard InChI is InChI=1S/C26H37NO7/c1-4-7-9-14-20(34-18-19-12-10-8-11-13-19)15-16-27-21(17-22(28)32-5-2)24(29)23(25(27)30)26(31)33-6-3/h8,10-13,20-21,23H,4-7,9,14-18H2,1-3H3. The molecular formula is C26H37NO7. The number of carbonyl (C=O) groups is 4. The van der Waals surface area contributed by atoms with Crippen molar-refractivity contribution < 1.29 is 33.4 Å². The molecule has 8 nitrogen and oxygen atoms in total. The molecule has 0 saturated carbocycles. The van der Waals surface area contributed by atoms with Crippen LogP contribution in [0.2, 0.25) is 0 Å². The van der Waals surface area contributed by atoms with Crippen LogP contribution in [0, 0.1) is 5.92 Å². The molecule has 1 aliphatic rings. The minimum atomic E-state index is -1.52. The van der Waals surface area contributed by atoms with Gasteiger partial charge in [0.15, 0.2) is 11.7 Å². The summed E-state index contributed by atoms with van der Waals surface area (Å²) >= 11 is 0. The Bertz CT molecular complexity index is 811. The number of amides is 1. The van der Waals surface area contributed by atoms with E-state index in [-0.39, 0.29) is 32.3 Å². The molecule has 0 bridgehead atoms. The third-order valence-corrected chi connectivity index (χ3v) is 5.86. The Hall–Kier alpha value is -2.74. The van der Waals surface area contributed by atoms with Gasteiger partial charge in [-0.05, 0) is 32.3 Å². The first-order valence-corrected chi connectivity index (χ1v) is 12.2. The van der Waals surface area contributed by atoms with Crippen LogP contribution in [0.4, 0.5) is 0 Å². The van der Waals surface area contributed by atoms with Gasteiger partial charge >= 0.3 is 11.9 Å². The van der Waals surface area contributed by atoms with Crippen molar-refractivity contribution in [2.24, 2.45) is 5.92 Å². The molecule has 1 aromatic rings. The maximum absolute atomic E-state index is 13.0. The molecule has 0 aromatic heterocycles. The van der Waals surface area contributed by atoms with Gasteiger partial charge in [-0.15, -0.1) is 0 Å². The molecule has 1 heterocycles. The Morgan fingerprint density at radius 1 is 0.971 bits per heavy atom. The number of esters is 2. The van der Waals surface area contributed by atoms with Crippen LogP contribution in [-0.2, 0) is 40.0 Å². The Kier molecular flexibility index (Phi) is 11.7. The number of hydrogen-bond acceptors (Lipinski definition) is 7. The van der Waals surface area contributed by atoms with Gasteiger partial charge in [-0.1, -0.05) is 56.5 Å². The van der Waals surface area contributed by atoms with Crippen molar-refractivity contribution in [1.82, 2.24) is 4.90 Å². The van der Waals surface area contributed by atoms with E-state index in [1.165, 1.54) is 4.90 Å². The van der Waals surface area contributed by atoms with Crippen molar-refractivity contribution in [2.75, 3.05) is 19.8 Å². The number of nitrogens with zero attached hydrogens (tertiary/aromatic N) is 1. The van der Waals surface area contributed by atoms with Crippen LogP contribution in [0.1, 0.15) is 64.9 Å². The summed E-state index contributed by atoms with van der Waals surface area (Å²) in [5.41, 5.74) is 1.05. The van der Waals surface area contributed by atoms with Crippen molar-refractivity contribution in [3.8, 4) is 0 Å². The van der Waals surface area contributed by atoms with Gasteiger partial charge < -0.3 is 19.1 Å². The Morgan fingerprint density at radius 2 is 1.68 bits per heavy atom. The molecule has 0 N–H and O–H groups in total. The van der Waals surface area contributed by atoms with E-state index in [2.05, 4.69) is 6.92 Å². The van der Waals surface area contributed by atoms with Gasteiger partial charge in [0.2, 0.25) is 5.91 Å². The normalized spacial score (nSPS) is 18.7. The third kappa shape index (κ3) is 7.94. The second-order valence-corrected chi connectivity index (χ2v) is 8.35. The number of benzene rings is 1. The van der Waals surface area contributed by atoms with E-state index in [4.69, 9.17) is 14.2 Å². The highest BCUT2D eigenvalue weighted by molar-refractivity contribution is 6.23. The second kappa shape index (κ2) is 14.5. The SMILES string of the molecule is CCCCCC(CCN1C(=O)C(C(=O)OCC)C(=O)C1CC(=O)OCC)OCc1ccccc1. The molecule has 1 saturated heterocycles. The van der Waals surface area contributed by atoms with Gasteiger partial charge in [-0.3, -0.25) is 19.2 Å². The van der Waals surface area contributed by atoms with Crippen LogP contribution < -0.4 is 0 Å². The molecule has 1 aromatic carbocycles. The number of ketones is 1. The van der Waals surface area contributed by atoms with Crippen LogP contribution in [0.3, 0.4) is 0 Å². The molecular weight excluding hydrogens is 438 g/mol. The lowest BCUT2D eigenvalue weighted by Gasteiger charge is -2.26. The fourth-order valence-corrected chi connectivity index (χ4v) is 4.09. The monoisotopic (exact) mass is 475 g/mol. The lowest BCUT2D eigenvalue weighted by atomic mass is 10.0. The van der Waals surface area contributed by atoms with E-state index in [1.807, 2.05) is 30.3 Å². The maximum atomic E-state index is 13.0. The number of likely N-dealkylation sites (tertiary alicyclic amines) is 1. The van der Waals surface area contributed by atoms with Crippen LogP contribution in [-0.4, -0.2) is 60.4 Å². The Balaban J connectivity index is 2.12. The van der Waals surface area contributed by atoms with Gasteiger partial charge in [-0.25, -0.2) is 0 Å². The van der Waals surface area contributed by atoms with E-state index >= 15 is 0 Å². The summed E-state index contributed by atoms with van der Waals surface area (Å²) < 4.78 is 16.1. The molecule has 1 amide bonds. The highest BCUT2D eigenvalue weighted by Crippen LogP contribution is 2.27. The van der Waals surface area contributed by atoms with E-state index < -0.39 is 35.6 Å². The minimum absolute atomic E-state index is 0.0608. The quantitative estimate of drug-likeness (QED) is 0.218. The number of Topliss-reactive ketones (excluding diaryl/α,β-unsaturated/α-hetero) is 1. The van der Waals surface area contributed by atoms with E-state index in [0.29, 0.717) is 13.0 Å². The molecule has 3 unspecified atom stereocenters. The minimum Gasteiger partial charge on any atom is -0.466 e. The molecule has 188 valence electrons. The summed E-state index contributed by atoms with van der Waals surface area (Å²) in [7, 11) is 0. The summed E-state index contributed by atoms with van der Waals surface area (Å²) in [4.78, 5) is 51.8. The van der Waals surface area contributed by atoms with Crippen LogP contribution in [0.25, 0.3) is 0 Å². The molecule has 2 rings (SSSR count). The number of rotatable bonds is 15. The fraction of sp³-hybridized carbons (Fsp3) is 0.615. The molecule has 8 heteroatoms. The zero-order chi connectivity index (χ0) is 24.9. The smallest absolute Gasteiger partial charge is 0.326 e. The fourth-order valence-electron chi connectivity index (χ4n) is 4.09. The summed E-state index contributed by atoms with van der Waals surface area (Å²) in [6.07, 6.45) is 4.04. The average Bonchev–Trinajstić information content (AvgIpc) is 3.05. The Labute approximate surface area is 201 Å². The first-order chi connectivity index (χ1) is 16.4.